The Bertz CT molecular complexity index is 1290. The molecular weight excluding hydrogens is 452 g/mol. The molecule has 6 rings (SSSR count). The number of aliphatic hydroxyl groups excluding tert-OH is 1. The Balaban J connectivity index is 1.25. The zero-order valence-electron chi connectivity index (χ0n) is 18.6. The lowest BCUT2D eigenvalue weighted by Crippen LogP contribution is -2.81. The van der Waals surface area contributed by atoms with E-state index in [1.54, 1.807) is 12.1 Å². The minimum absolute atomic E-state index is 0.185. The predicted octanol–water partition coefficient (Wildman–Crippen LogP) is 2.45. The zero-order chi connectivity index (χ0) is 23.4. The number of imide groups is 1. The van der Waals surface area contributed by atoms with Crippen LogP contribution in [0, 0.1) is 0 Å². The average molecular weight is 477 g/mol. The molecule has 1 spiro atoms. The van der Waals surface area contributed by atoms with Crippen LogP contribution in [-0.4, -0.2) is 73.9 Å². The molecule has 3 aromatic rings. The number of carbonyl (C=O) groups is 2. The lowest BCUT2D eigenvalue weighted by molar-refractivity contribution is -0.181. The maximum Gasteiger partial charge on any atom is 0.252 e. The summed E-state index contributed by atoms with van der Waals surface area (Å²) in [7, 11) is 0. The van der Waals surface area contributed by atoms with Gasteiger partial charge in [0.15, 0.2) is 0 Å². The van der Waals surface area contributed by atoms with Gasteiger partial charge in [-0.2, -0.15) is 0 Å². The monoisotopic (exact) mass is 476 g/mol. The number of aliphatic hydroxyl groups is 1. The molecule has 2 aromatic carbocycles. The number of β-amino-alcohol motifs (C(OH)–C–C–N with tert-alkyl or cyclic N) is 1. The maximum atomic E-state index is 13.8. The minimum Gasteiger partial charge on any atom is -0.392 e. The molecule has 2 unspecified atom stereocenters. The van der Waals surface area contributed by atoms with E-state index in [9.17, 15) is 14.7 Å². The molecule has 3 saturated heterocycles. The van der Waals surface area contributed by atoms with E-state index >= 15 is 0 Å². The van der Waals surface area contributed by atoms with Crippen LogP contribution in [-0.2, 0) is 22.7 Å². The topological polar surface area (TPSA) is 77.0 Å². The number of hydrogen-bond acceptors (Lipinski definition) is 6. The Morgan fingerprint density at radius 2 is 1.85 bits per heavy atom. The third-order valence-electron chi connectivity index (χ3n) is 7.28. The number of halogens is 1. The lowest BCUT2D eigenvalue weighted by atomic mass is 9.82. The van der Waals surface area contributed by atoms with Crippen LogP contribution in [0.15, 0.2) is 60.8 Å². The van der Waals surface area contributed by atoms with Crippen molar-refractivity contribution in [2.75, 3.05) is 19.6 Å². The van der Waals surface area contributed by atoms with E-state index in [2.05, 4.69) is 16.0 Å². The van der Waals surface area contributed by atoms with Crippen molar-refractivity contribution in [3.8, 4) is 0 Å². The van der Waals surface area contributed by atoms with Crippen molar-refractivity contribution in [2.24, 2.45) is 0 Å². The van der Waals surface area contributed by atoms with Gasteiger partial charge in [0, 0.05) is 42.8 Å². The molecule has 2 atom stereocenters. The molecule has 0 radical (unpaired) electrons. The Kier molecular flexibility index (Phi) is 5.18. The summed E-state index contributed by atoms with van der Waals surface area (Å²) in [4.78, 5) is 37.1. The lowest BCUT2D eigenvalue weighted by Gasteiger charge is -2.58. The largest absolute Gasteiger partial charge is 0.392 e. The Labute approximate surface area is 202 Å². The molecule has 1 aromatic heterocycles. The van der Waals surface area contributed by atoms with Gasteiger partial charge < -0.3 is 5.11 Å². The van der Waals surface area contributed by atoms with Crippen molar-refractivity contribution in [3.63, 3.8) is 0 Å². The first-order valence-corrected chi connectivity index (χ1v) is 11.9. The summed E-state index contributed by atoms with van der Waals surface area (Å²) in [5.74, 6) is -0.417. The fourth-order valence-electron chi connectivity index (χ4n) is 5.73. The molecule has 4 heterocycles. The summed E-state index contributed by atoms with van der Waals surface area (Å²) in [6.07, 6.45) is 1.63. The van der Waals surface area contributed by atoms with Crippen LogP contribution in [0.3, 0.4) is 0 Å². The van der Waals surface area contributed by atoms with E-state index in [0.717, 1.165) is 22.0 Å². The minimum atomic E-state index is -0.793. The quantitative estimate of drug-likeness (QED) is 0.583. The third kappa shape index (κ3) is 3.51. The molecule has 0 saturated carbocycles. The number of benzene rings is 2. The van der Waals surface area contributed by atoms with E-state index < -0.39 is 17.7 Å². The number of para-hydroxylation sites is 1. The second kappa shape index (κ2) is 8.13. The predicted molar refractivity (Wildman–Crippen MR) is 128 cm³/mol. The molecule has 3 aliphatic rings. The number of aromatic nitrogens is 1. The van der Waals surface area contributed by atoms with Crippen LogP contribution in [0.4, 0.5) is 0 Å². The molecule has 0 aliphatic carbocycles. The van der Waals surface area contributed by atoms with Gasteiger partial charge in [-0.1, -0.05) is 41.9 Å². The van der Waals surface area contributed by atoms with Gasteiger partial charge in [0.25, 0.3) is 5.91 Å². The van der Waals surface area contributed by atoms with Gasteiger partial charge >= 0.3 is 0 Å². The van der Waals surface area contributed by atoms with Gasteiger partial charge in [0.1, 0.15) is 5.54 Å². The highest BCUT2D eigenvalue weighted by atomic mass is 35.5. The first-order chi connectivity index (χ1) is 16.4. The summed E-state index contributed by atoms with van der Waals surface area (Å²) in [6, 6.07) is 16.9. The van der Waals surface area contributed by atoms with E-state index in [4.69, 9.17) is 11.6 Å². The summed E-state index contributed by atoms with van der Waals surface area (Å²) in [5.41, 5.74) is 2.06. The van der Waals surface area contributed by atoms with Crippen molar-refractivity contribution in [3.05, 3.63) is 76.9 Å². The number of piperazine rings is 1. The van der Waals surface area contributed by atoms with E-state index in [1.165, 1.54) is 4.90 Å². The van der Waals surface area contributed by atoms with Crippen LogP contribution >= 0.6 is 11.6 Å². The zero-order valence-corrected chi connectivity index (χ0v) is 19.4. The van der Waals surface area contributed by atoms with Crippen LogP contribution in [0.1, 0.15) is 17.5 Å². The number of fused-ring (bicyclic) bond motifs is 3. The Hall–Kier alpha value is -2.84. The van der Waals surface area contributed by atoms with Crippen molar-refractivity contribution < 1.29 is 14.7 Å². The average Bonchev–Trinajstić information content (AvgIpc) is 3.20. The van der Waals surface area contributed by atoms with Gasteiger partial charge in [0.05, 0.1) is 24.2 Å². The number of likely N-dealkylation sites (tertiary alicyclic amines) is 1. The van der Waals surface area contributed by atoms with Crippen LogP contribution in [0.5, 0.6) is 0 Å². The molecule has 7 nitrogen and oxygen atoms in total. The Morgan fingerprint density at radius 1 is 1.03 bits per heavy atom. The fraction of sp³-hybridized carbons (Fsp3) is 0.346. The molecule has 34 heavy (non-hydrogen) atoms. The number of carbonyl (C=O) groups excluding carboxylic acids is 2. The number of rotatable bonds is 4. The second-order valence-corrected chi connectivity index (χ2v) is 10.1. The highest BCUT2D eigenvalue weighted by Crippen LogP contribution is 2.41. The molecule has 3 fully saturated rings. The third-order valence-corrected chi connectivity index (χ3v) is 7.51. The molecule has 2 amide bonds. The maximum absolute atomic E-state index is 13.8. The van der Waals surface area contributed by atoms with Gasteiger partial charge in [0.2, 0.25) is 5.91 Å². The standard InChI is InChI=1S/C26H25ClN4O3/c27-20-6-3-4-17(9-20)13-30-24(33)23-10-21(32)14-31(23)26(25(30)34)15-29(16-26)12-18-8-19-5-1-2-7-22(19)28-11-18/h1-9,11,21,23,32H,10,12-16H2. The second-order valence-electron chi connectivity index (χ2n) is 9.63. The van der Waals surface area contributed by atoms with Gasteiger partial charge in [-0.05, 0) is 41.8 Å². The summed E-state index contributed by atoms with van der Waals surface area (Å²) in [5, 5.41) is 12.0. The van der Waals surface area contributed by atoms with Crippen molar-refractivity contribution >= 4 is 34.3 Å². The fourth-order valence-corrected chi connectivity index (χ4v) is 5.94. The van der Waals surface area contributed by atoms with Crippen molar-refractivity contribution in [2.45, 2.75) is 37.2 Å². The summed E-state index contributed by atoms with van der Waals surface area (Å²) in [6.45, 7) is 2.24. The molecule has 174 valence electrons. The van der Waals surface area contributed by atoms with Gasteiger partial charge in [-0.3, -0.25) is 29.3 Å². The summed E-state index contributed by atoms with van der Waals surface area (Å²) >= 11 is 6.13. The van der Waals surface area contributed by atoms with Crippen molar-refractivity contribution in [1.29, 1.82) is 0 Å². The number of hydrogen-bond donors (Lipinski definition) is 1. The SMILES string of the molecule is O=C1C2CC(O)CN2C2(CN(Cc3cnc4ccccc4c3)C2)C(=O)N1Cc1cccc(Cl)c1. The van der Waals surface area contributed by atoms with Gasteiger partial charge in [-0.15, -0.1) is 0 Å². The normalized spacial score (nSPS) is 24.6. The number of amides is 2. The number of nitrogens with zero attached hydrogens (tertiary/aromatic N) is 4. The first-order valence-electron chi connectivity index (χ1n) is 11.5. The molecule has 1 N–H and O–H groups in total. The highest BCUT2D eigenvalue weighted by molar-refractivity contribution is 6.30. The van der Waals surface area contributed by atoms with Crippen molar-refractivity contribution in [1.82, 2.24) is 19.7 Å². The van der Waals surface area contributed by atoms with Crippen LogP contribution in [0.25, 0.3) is 10.9 Å². The molecule has 3 aliphatic heterocycles. The molecule has 8 heteroatoms. The van der Waals surface area contributed by atoms with E-state index in [0.29, 0.717) is 37.6 Å². The highest BCUT2D eigenvalue weighted by Gasteiger charge is 2.64. The van der Waals surface area contributed by atoms with E-state index in [-0.39, 0.29) is 18.4 Å². The molecular formula is C26H25ClN4O3. The first kappa shape index (κ1) is 21.7. The number of pyridine rings is 1. The van der Waals surface area contributed by atoms with Crippen LogP contribution < -0.4 is 0 Å². The molecule has 0 bridgehead atoms. The summed E-state index contributed by atoms with van der Waals surface area (Å²) < 4.78 is 0. The smallest absolute Gasteiger partial charge is 0.252 e. The van der Waals surface area contributed by atoms with Gasteiger partial charge in [-0.25, -0.2) is 0 Å². The van der Waals surface area contributed by atoms with Crippen LogP contribution in [0.2, 0.25) is 5.02 Å². The van der Waals surface area contributed by atoms with E-state index in [1.807, 2.05) is 47.5 Å². The Morgan fingerprint density at radius 3 is 2.68 bits per heavy atom.